The molecule has 1 saturated carbocycles. The minimum Gasteiger partial charge on any atom is -0.480 e. The molecule has 0 heterocycles. The van der Waals surface area contributed by atoms with Crippen molar-refractivity contribution >= 4 is 11.9 Å². The molecule has 21 heavy (non-hydrogen) atoms. The highest BCUT2D eigenvalue weighted by Crippen LogP contribution is 2.28. The minimum absolute atomic E-state index is 0.127. The highest BCUT2D eigenvalue weighted by atomic mass is 16.4. The molecule has 4 N–H and O–H groups in total. The zero-order chi connectivity index (χ0) is 15.9. The molecule has 0 radical (unpaired) electrons. The van der Waals surface area contributed by atoms with Gasteiger partial charge < -0.3 is 16.2 Å². The van der Waals surface area contributed by atoms with Crippen LogP contribution in [0, 0.1) is 11.8 Å². The summed E-state index contributed by atoms with van der Waals surface area (Å²) in [4.78, 5) is 23.9. The first-order chi connectivity index (χ1) is 9.89. The van der Waals surface area contributed by atoms with E-state index in [1.807, 2.05) is 0 Å². The van der Waals surface area contributed by atoms with E-state index in [-0.39, 0.29) is 11.8 Å². The fourth-order valence-electron chi connectivity index (χ4n) is 3.23. The van der Waals surface area contributed by atoms with Gasteiger partial charge >= 0.3 is 5.97 Å². The summed E-state index contributed by atoms with van der Waals surface area (Å²) in [6.07, 6.45) is 6.09. The van der Waals surface area contributed by atoms with E-state index in [1.54, 1.807) is 0 Å². The van der Waals surface area contributed by atoms with E-state index in [1.165, 1.54) is 0 Å². The number of rotatable bonds is 7. The third kappa shape index (κ3) is 5.65. The highest BCUT2D eigenvalue weighted by Gasteiger charge is 2.40. The lowest BCUT2D eigenvalue weighted by molar-refractivity contribution is -0.148. The molecule has 0 unspecified atom stereocenters. The predicted molar refractivity (Wildman–Crippen MR) is 82.8 cm³/mol. The third-order valence-corrected chi connectivity index (χ3v) is 4.36. The average molecular weight is 298 g/mol. The van der Waals surface area contributed by atoms with Gasteiger partial charge in [-0.1, -0.05) is 39.5 Å². The summed E-state index contributed by atoms with van der Waals surface area (Å²) < 4.78 is 0. The second-order valence-corrected chi connectivity index (χ2v) is 6.79. The van der Waals surface area contributed by atoms with Crippen molar-refractivity contribution in [1.82, 2.24) is 5.32 Å². The summed E-state index contributed by atoms with van der Waals surface area (Å²) in [6.45, 7) is 4.67. The SMILES string of the molecule is CC(C)C[C@H](CN)CC(=O)NC1(C(=O)O)CCCCCC1. The molecule has 1 fully saturated rings. The van der Waals surface area contributed by atoms with Gasteiger partial charge in [0.25, 0.3) is 0 Å². The molecule has 122 valence electrons. The Balaban J connectivity index is 2.65. The lowest BCUT2D eigenvalue weighted by atomic mass is 9.88. The molecule has 0 bridgehead atoms. The number of amides is 1. The van der Waals surface area contributed by atoms with Crippen molar-refractivity contribution in [2.75, 3.05) is 6.54 Å². The Morgan fingerprint density at radius 1 is 1.19 bits per heavy atom. The maximum atomic E-state index is 12.3. The summed E-state index contributed by atoms with van der Waals surface area (Å²) >= 11 is 0. The maximum Gasteiger partial charge on any atom is 0.329 e. The highest BCUT2D eigenvalue weighted by molar-refractivity contribution is 5.87. The third-order valence-electron chi connectivity index (χ3n) is 4.36. The van der Waals surface area contributed by atoms with Gasteiger partial charge in [0.2, 0.25) is 5.91 Å². The number of aliphatic carboxylic acids is 1. The zero-order valence-corrected chi connectivity index (χ0v) is 13.4. The molecule has 1 aliphatic carbocycles. The van der Waals surface area contributed by atoms with Gasteiger partial charge in [-0.05, 0) is 37.6 Å². The molecule has 0 aromatic heterocycles. The standard InChI is InChI=1S/C16H30N2O3/c1-12(2)9-13(11-17)10-14(19)18-16(15(20)21)7-5-3-4-6-8-16/h12-13H,3-11,17H2,1-2H3,(H,18,19)(H,20,21)/t13-/m0/s1. The van der Waals surface area contributed by atoms with Gasteiger partial charge in [0.1, 0.15) is 5.54 Å². The Hall–Kier alpha value is -1.10. The molecular weight excluding hydrogens is 268 g/mol. The summed E-state index contributed by atoms with van der Waals surface area (Å²) in [5, 5.41) is 12.4. The number of nitrogens with one attached hydrogen (secondary N) is 1. The Morgan fingerprint density at radius 3 is 2.19 bits per heavy atom. The molecule has 1 amide bonds. The van der Waals surface area contributed by atoms with Crippen LogP contribution in [0.4, 0.5) is 0 Å². The molecule has 5 heteroatoms. The number of hydrogen-bond donors (Lipinski definition) is 3. The van der Waals surface area contributed by atoms with Crippen molar-refractivity contribution < 1.29 is 14.7 Å². The fourth-order valence-corrected chi connectivity index (χ4v) is 3.23. The number of carbonyl (C=O) groups excluding carboxylic acids is 1. The van der Waals surface area contributed by atoms with Gasteiger partial charge in [-0.15, -0.1) is 0 Å². The number of hydrogen-bond acceptors (Lipinski definition) is 3. The number of carboxylic acids is 1. The molecule has 5 nitrogen and oxygen atoms in total. The van der Waals surface area contributed by atoms with Crippen LogP contribution in [0.15, 0.2) is 0 Å². The number of carbonyl (C=O) groups is 2. The van der Waals surface area contributed by atoms with Crippen molar-refractivity contribution in [2.45, 2.75) is 70.8 Å². The Kier molecular flexibility index (Phi) is 7.15. The lowest BCUT2D eigenvalue weighted by Crippen LogP contribution is -2.54. The smallest absolute Gasteiger partial charge is 0.329 e. The molecule has 1 atom stereocenters. The van der Waals surface area contributed by atoms with Crippen LogP contribution in [0.5, 0.6) is 0 Å². The molecule has 0 aromatic carbocycles. The molecular formula is C16H30N2O3. The Labute approximate surface area is 127 Å². The fraction of sp³-hybridized carbons (Fsp3) is 0.875. The van der Waals surface area contributed by atoms with E-state index in [4.69, 9.17) is 5.73 Å². The first-order valence-electron chi connectivity index (χ1n) is 8.14. The van der Waals surface area contributed by atoms with Gasteiger partial charge in [-0.3, -0.25) is 4.79 Å². The Morgan fingerprint density at radius 2 is 1.76 bits per heavy atom. The van der Waals surface area contributed by atoms with Crippen LogP contribution in [0.1, 0.15) is 65.2 Å². The van der Waals surface area contributed by atoms with E-state index >= 15 is 0 Å². The predicted octanol–water partition coefficient (Wildman–Crippen LogP) is 2.29. The molecule has 0 aromatic rings. The van der Waals surface area contributed by atoms with Crippen LogP contribution in [-0.4, -0.2) is 29.1 Å². The maximum absolute atomic E-state index is 12.3. The van der Waals surface area contributed by atoms with Gasteiger partial charge in [0, 0.05) is 6.42 Å². The van der Waals surface area contributed by atoms with Crippen molar-refractivity contribution in [3.8, 4) is 0 Å². The van der Waals surface area contributed by atoms with Crippen LogP contribution in [0.3, 0.4) is 0 Å². The zero-order valence-electron chi connectivity index (χ0n) is 13.4. The summed E-state index contributed by atoms with van der Waals surface area (Å²) in [5.41, 5.74) is 4.66. The molecule has 0 spiro atoms. The summed E-state index contributed by atoms with van der Waals surface area (Å²) in [6, 6.07) is 0. The minimum atomic E-state index is -1.06. The molecule has 1 aliphatic rings. The first-order valence-corrected chi connectivity index (χ1v) is 8.14. The van der Waals surface area contributed by atoms with Gasteiger partial charge in [0.05, 0.1) is 0 Å². The first kappa shape index (κ1) is 18.0. The van der Waals surface area contributed by atoms with Crippen molar-refractivity contribution in [2.24, 2.45) is 17.6 Å². The summed E-state index contributed by atoms with van der Waals surface area (Å²) in [7, 11) is 0. The topological polar surface area (TPSA) is 92.4 Å². The van der Waals surface area contributed by atoms with Gasteiger partial charge in [-0.2, -0.15) is 0 Å². The largest absolute Gasteiger partial charge is 0.480 e. The second-order valence-electron chi connectivity index (χ2n) is 6.79. The van der Waals surface area contributed by atoms with Crippen LogP contribution >= 0.6 is 0 Å². The van der Waals surface area contributed by atoms with Crippen molar-refractivity contribution in [1.29, 1.82) is 0 Å². The molecule has 0 saturated heterocycles. The van der Waals surface area contributed by atoms with E-state index in [2.05, 4.69) is 19.2 Å². The molecule has 0 aliphatic heterocycles. The summed E-state index contributed by atoms with van der Waals surface area (Å²) in [5.74, 6) is -0.458. The average Bonchev–Trinajstić information content (AvgIpc) is 2.63. The van der Waals surface area contributed by atoms with Crippen LogP contribution < -0.4 is 11.1 Å². The Bertz CT molecular complexity index is 347. The van der Waals surface area contributed by atoms with E-state index < -0.39 is 11.5 Å². The van der Waals surface area contributed by atoms with Gasteiger partial charge in [-0.25, -0.2) is 4.79 Å². The van der Waals surface area contributed by atoms with Crippen molar-refractivity contribution in [3.63, 3.8) is 0 Å². The van der Waals surface area contributed by atoms with Crippen LogP contribution in [0.25, 0.3) is 0 Å². The van der Waals surface area contributed by atoms with Crippen LogP contribution in [0.2, 0.25) is 0 Å². The normalized spacial score (nSPS) is 19.8. The van der Waals surface area contributed by atoms with Crippen molar-refractivity contribution in [3.05, 3.63) is 0 Å². The van der Waals surface area contributed by atoms with E-state index in [0.717, 1.165) is 32.1 Å². The second kappa shape index (κ2) is 8.37. The molecule has 1 rings (SSSR count). The van der Waals surface area contributed by atoms with Gasteiger partial charge in [0.15, 0.2) is 0 Å². The number of nitrogens with two attached hydrogens (primary N) is 1. The van der Waals surface area contributed by atoms with E-state index in [9.17, 15) is 14.7 Å². The number of carboxylic acid groups (broad SMARTS) is 1. The quantitative estimate of drug-likeness (QED) is 0.629. The van der Waals surface area contributed by atoms with Crippen LogP contribution in [-0.2, 0) is 9.59 Å². The van der Waals surface area contributed by atoms with E-state index in [0.29, 0.717) is 31.7 Å². The lowest BCUT2D eigenvalue weighted by Gasteiger charge is -2.30. The monoisotopic (exact) mass is 298 g/mol.